The second-order valence-electron chi connectivity index (χ2n) is 7.76. The number of carbonyl (C=O) groups is 1. The van der Waals surface area contributed by atoms with Gasteiger partial charge in [0.25, 0.3) is 0 Å². The summed E-state index contributed by atoms with van der Waals surface area (Å²) in [5.74, 6) is 2.15. The van der Waals surface area contributed by atoms with E-state index in [9.17, 15) is 4.79 Å². The van der Waals surface area contributed by atoms with Crippen LogP contribution in [0.2, 0.25) is 0 Å². The van der Waals surface area contributed by atoms with E-state index in [1.165, 1.54) is 25.3 Å². The van der Waals surface area contributed by atoms with Crippen LogP contribution in [0.5, 0.6) is 0 Å². The maximum atomic E-state index is 11.4. The largest absolute Gasteiger partial charge is 0.462 e. The molecule has 3 rings (SSSR count). The van der Waals surface area contributed by atoms with Crippen molar-refractivity contribution >= 4 is 5.97 Å². The molecule has 0 aliphatic heterocycles. The molecule has 0 spiro atoms. The topological polar surface area (TPSA) is 26.3 Å². The molecule has 0 aromatic carbocycles. The Morgan fingerprint density at radius 3 is 2.68 bits per heavy atom. The van der Waals surface area contributed by atoms with E-state index in [1.54, 1.807) is 0 Å². The van der Waals surface area contributed by atoms with Crippen LogP contribution in [0.4, 0.5) is 0 Å². The number of rotatable bonds is 1. The first-order chi connectivity index (χ1) is 8.78. The molecular weight excluding hydrogens is 236 g/mol. The molecule has 0 aromatic heterocycles. The van der Waals surface area contributed by atoms with Gasteiger partial charge in [0.2, 0.25) is 0 Å². The van der Waals surface area contributed by atoms with E-state index in [2.05, 4.69) is 33.8 Å². The Labute approximate surface area is 116 Å². The zero-order valence-corrected chi connectivity index (χ0v) is 12.8. The summed E-state index contributed by atoms with van der Waals surface area (Å²) in [6.45, 7) is 11.0. The van der Waals surface area contributed by atoms with Crippen LogP contribution < -0.4 is 0 Å². The van der Waals surface area contributed by atoms with Gasteiger partial charge in [-0.1, -0.05) is 32.4 Å². The third-order valence-electron chi connectivity index (χ3n) is 6.39. The van der Waals surface area contributed by atoms with Gasteiger partial charge in [-0.25, -0.2) is 0 Å². The van der Waals surface area contributed by atoms with Crippen molar-refractivity contribution in [2.45, 2.75) is 60.0 Å². The van der Waals surface area contributed by atoms with Crippen LogP contribution in [0.15, 0.2) is 11.6 Å². The lowest BCUT2D eigenvalue weighted by Crippen LogP contribution is -2.47. The minimum atomic E-state index is -0.130. The highest BCUT2D eigenvalue weighted by Gasteiger charge is 2.68. The van der Waals surface area contributed by atoms with Crippen molar-refractivity contribution in [1.82, 2.24) is 0 Å². The van der Waals surface area contributed by atoms with Gasteiger partial charge in [0.1, 0.15) is 6.10 Å². The molecule has 106 valence electrons. The molecule has 0 N–H and O–H groups in total. The van der Waals surface area contributed by atoms with Gasteiger partial charge in [0, 0.05) is 18.8 Å². The number of esters is 1. The third-order valence-corrected chi connectivity index (χ3v) is 6.39. The molecule has 2 fully saturated rings. The Balaban J connectivity index is 1.95. The van der Waals surface area contributed by atoms with Gasteiger partial charge in [-0.15, -0.1) is 0 Å². The number of fused-ring (bicyclic) bond motifs is 3. The second kappa shape index (κ2) is 3.86. The van der Waals surface area contributed by atoms with Crippen molar-refractivity contribution < 1.29 is 9.53 Å². The highest BCUT2D eigenvalue weighted by Crippen LogP contribution is 2.73. The molecule has 0 saturated heterocycles. The fourth-order valence-electron chi connectivity index (χ4n) is 5.27. The van der Waals surface area contributed by atoms with Crippen molar-refractivity contribution in [3.05, 3.63) is 11.6 Å². The summed E-state index contributed by atoms with van der Waals surface area (Å²) in [5.41, 5.74) is 2.17. The lowest BCUT2D eigenvalue weighted by atomic mass is 9.58. The molecule has 3 aliphatic rings. The Hall–Kier alpha value is -0.790. The fourth-order valence-corrected chi connectivity index (χ4v) is 5.27. The van der Waals surface area contributed by atoms with Gasteiger partial charge in [0.15, 0.2) is 0 Å². The van der Waals surface area contributed by atoms with Crippen molar-refractivity contribution in [2.24, 2.45) is 28.6 Å². The fraction of sp³-hybridized carbons (Fsp3) is 0.824. The highest BCUT2D eigenvalue weighted by molar-refractivity contribution is 5.66. The van der Waals surface area contributed by atoms with E-state index >= 15 is 0 Å². The van der Waals surface area contributed by atoms with E-state index in [1.807, 2.05) is 0 Å². The average Bonchev–Trinajstić information content (AvgIpc) is 2.85. The maximum absolute atomic E-state index is 11.4. The Kier molecular flexibility index (Phi) is 2.69. The normalized spacial score (nSPS) is 46.7. The summed E-state index contributed by atoms with van der Waals surface area (Å²) in [7, 11) is 0. The first-order valence-corrected chi connectivity index (χ1v) is 7.62. The van der Waals surface area contributed by atoms with Crippen LogP contribution in [0, 0.1) is 28.6 Å². The van der Waals surface area contributed by atoms with Crippen molar-refractivity contribution in [1.29, 1.82) is 0 Å². The Bertz CT molecular complexity index is 448. The lowest BCUT2D eigenvalue weighted by molar-refractivity contribution is -0.158. The van der Waals surface area contributed by atoms with Gasteiger partial charge >= 0.3 is 5.97 Å². The quantitative estimate of drug-likeness (QED) is 0.528. The molecule has 2 nitrogen and oxygen atoms in total. The smallest absolute Gasteiger partial charge is 0.302 e. The van der Waals surface area contributed by atoms with Crippen LogP contribution in [-0.2, 0) is 9.53 Å². The summed E-state index contributed by atoms with van der Waals surface area (Å²) in [5, 5.41) is 0. The van der Waals surface area contributed by atoms with E-state index in [0.717, 1.165) is 18.3 Å². The number of hydrogen-bond acceptors (Lipinski definition) is 2. The first kappa shape index (κ1) is 13.2. The number of allylic oxidation sites excluding steroid dienone is 1. The minimum absolute atomic E-state index is 0.0797. The average molecular weight is 262 g/mol. The molecular formula is C17H26O2. The standard InChI is InChI=1S/C17H26O2/c1-10-6-7-13(19-11(2)18)17(5)9-8-12-15(14(10)17)16(12,3)4/h6,12-15H,7-9H2,1-5H3. The summed E-state index contributed by atoms with van der Waals surface area (Å²) in [6.07, 6.45) is 5.80. The molecule has 0 bridgehead atoms. The van der Waals surface area contributed by atoms with E-state index in [4.69, 9.17) is 4.74 Å². The number of ether oxygens (including phenoxy) is 1. The molecule has 5 atom stereocenters. The van der Waals surface area contributed by atoms with Crippen molar-refractivity contribution in [2.75, 3.05) is 0 Å². The Morgan fingerprint density at radius 2 is 2.05 bits per heavy atom. The zero-order chi connectivity index (χ0) is 14.0. The van der Waals surface area contributed by atoms with Gasteiger partial charge in [-0.2, -0.15) is 0 Å². The van der Waals surface area contributed by atoms with Gasteiger partial charge in [0.05, 0.1) is 0 Å². The van der Waals surface area contributed by atoms with E-state index in [0.29, 0.717) is 11.3 Å². The highest BCUT2D eigenvalue weighted by atomic mass is 16.5. The molecule has 2 saturated carbocycles. The summed E-state index contributed by atoms with van der Waals surface area (Å²) in [6, 6.07) is 0. The van der Waals surface area contributed by atoms with E-state index in [-0.39, 0.29) is 17.5 Å². The van der Waals surface area contributed by atoms with Crippen LogP contribution in [0.1, 0.15) is 53.9 Å². The lowest BCUT2D eigenvalue weighted by Gasteiger charge is -2.49. The van der Waals surface area contributed by atoms with Gasteiger partial charge in [-0.05, 0) is 42.9 Å². The van der Waals surface area contributed by atoms with Crippen LogP contribution in [-0.4, -0.2) is 12.1 Å². The second-order valence-corrected chi connectivity index (χ2v) is 7.76. The predicted molar refractivity (Wildman–Crippen MR) is 75.5 cm³/mol. The van der Waals surface area contributed by atoms with E-state index < -0.39 is 0 Å². The van der Waals surface area contributed by atoms with Crippen LogP contribution in [0.25, 0.3) is 0 Å². The van der Waals surface area contributed by atoms with Gasteiger partial charge < -0.3 is 4.74 Å². The summed E-state index contributed by atoms with van der Waals surface area (Å²) < 4.78 is 5.66. The third kappa shape index (κ3) is 1.71. The number of carbonyl (C=O) groups excluding carboxylic acids is 1. The van der Waals surface area contributed by atoms with Crippen LogP contribution in [0.3, 0.4) is 0 Å². The molecule has 0 amide bonds. The molecule has 0 radical (unpaired) electrons. The molecule has 3 aliphatic carbocycles. The molecule has 5 unspecified atom stereocenters. The summed E-state index contributed by atoms with van der Waals surface area (Å²) >= 11 is 0. The minimum Gasteiger partial charge on any atom is -0.462 e. The monoisotopic (exact) mass is 262 g/mol. The first-order valence-electron chi connectivity index (χ1n) is 7.62. The summed E-state index contributed by atoms with van der Waals surface area (Å²) in [4.78, 5) is 11.4. The van der Waals surface area contributed by atoms with Crippen molar-refractivity contribution in [3.8, 4) is 0 Å². The number of hydrogen-bond donors (Lipinski definition) is 0. The van der Waals surface area contributed by atoms with Crippen LogP contribution >= 0.6 is 0 Å². The molecule has 19 heavy (non-hydrogen) atoms. The molecule has 0 aromatic rings. The van der Waals surface area contributed by atoms with Gasteiger partial charge in [-0.3, -0.25) is 4.79 Å². The van der Waals surface area contributed by atoms with Crippen molar-refractivity contribution in [3.63, 3.8) is 0 Å². The molecule has 0 heterocycles. The zero-order valence-electron chi connectivity index (χ0n) is 12.8. The predicted octanol–water partition coefficient (Wildman–Crippen LogP) is 3.96. The Morgan fingerprint density at radius 1 is 1.37 bits per heavy atom. The maximum Gasteiger partial charge on any atom is 0.302 e. The SMILES string of the molecule is CC(=O)OC1CC=C(C)C2C3C(CCC12C)C3(C)C. The molecule has 2 heteroatoms.